The van der Waals surface area contributed by atoms with E-state index in [0.717, 1.165) is 24.0 Å². The molecule has 1 heterocycles. The lowest BCUT2D eigenvalue weighted by Crippen LogP contribution is -2.44. The van der Waals surface area contributed by atoms with Gasteiger partial charge in [0.2, 0.25) is 0 Å². The van der Waals surface area contributed by atoms with Crippen molar-refractivity contribution in [3.8, 4) is 16.9 Å². The van der Waals surface area contributed by atoms with Gasteiger partial charge in [-0.1, -0.05) is 49.7 Å². The van der Waals surface area contributed by atoms with Crippen molar-refractivity contribution in [1.82, 2.24) is 9.55 Å². The summed E-state index contributed by atoms with van der Waals surface area (Å²) in [7, 11) is 0. The van der Waals surface area contributed by atoms with E-state index in [1.807, 2.05) is 18.2 Å². The number of nitrogens with zero attached hydrogens (tertiary/aromatic N) is 1. The molecule has 1 atom stereocenters. The molecular formula is C21H19ClN2O2. The second kappa shape index (κ2) is 5.99. The normalized spacial score (nSPS) is 18.3. The Balaban J connectivity index is 2.08. The first kappa shape index (κ1) is 16.9. The van der Waals surface area contributed by atoms with Gasteiger partial charge in [0, 0.05) is 21.6 Å². The molecule has 1 aliphatic carbocycles. The quantitative estimate of drug-likeness (QED) is 0.743. The van der Waals surface area contributed by atoms with Crippen LogP contribution in [0, 0.1) is 0 Å². The van der Waals surface area contributed by atoms with Crippen molar-refractivity contribution in [3.05, 3.63) is 85.5 Å². The molecule has 2 aromatic carbocycles. The monoisotopic (exact) mass is 366 g/mol. The first-order chi connectivity index (χ1) is 12.4. The molecule has 0 spiro atoms. The maximum atomic E-state index is 13.4. The zero-order valence-electron chi connectivity index (χ0n) is 14.7. The van der Waals surface area contributed by atoms with E-state index in [1.54, 1.807) is 24.3 Å². The minimum absolute atomic E-state index is 0.259. The summed E-state index contributed by atoms with van der Waals surface area (Å²) in [6.07, 6.45) is 1.57. The van der Waals surface area contributed by atoms with Crippen LogP contribution >= 0.6 is 11.6 Å². The van der Waals surface area contributed by atoms with Crippen LogP contribution in [-0.2, 0) is 11.8 Å². The molecule has 0 saturated heterocycles. The lowest BCUT2D eigenvalue weighted by molar-refractivity contribution is 0.437. The number of aromatic amines is 1. The topological polar surface area (TPSA) is 54.9 Å². The van der Waals surface area contributed by atoms with Gasteiger partial charge in [-0.2, -0.15) is 0 Å². The SMILES string of the molecule is CC[C@]1(C)Cc2ccccc2-c2[nH]c(=O)n(-c3ccc(Cl)cc3)c(=O)c21. The lowest BCUT2D eigenvalue weighted by atomic mass is 9.69. The van der Waals surface area contributed by atoms with Gasteiger partial charge in [0.1, 0.15) is 0 Å². The summed E-state index contributed by atoms with van der Waals surface area (Å²) in [5, 5.41) is 0.559. The molecular weight excluding hydrogens is 348 g/mol. The predicted molar refractivity (Wildman–Crippen MR) is 104 cm³/mol. The first-order valence-corrected chi connectivity index (χ1v) is 9.06. The van der Waals surface area contributed by atoms with E-state index >= 15 is 0 Å². The molecule has 132 valence electrons. The summed E-state index contributed by atoms with van der Waals surface area (Å²) in [5.41, 5.74) is 2.90. The van der Waals surface area contributed by atoms with Gasteiger partial charge < -0.3 is 4.98 Å². The molecule has 0 bridgehead atoms. The van der Waals surface area contributed by atoms with Crippen LogP contribution in [0.4, 0.5) is 0 Å². The van der Waals surface area contributed by atoms with Crippen LogP contribution in [0.5, 0.6) is 0 Å². The Labute approximate surface area is 156 Å². The standard InChI is InChI=1S/C21H19ClN2O2/c1-3-21(2)12-13-6-4-5-7-16(13)18-17(21)19(25)24(20(26)23-18)15-10-8-14(22)9-11-15/h4-11H,3,12H2,1-2H3,(H,23,26)/t21-/m1/s1. The molecule has 3 aromatic rings. The third-order valence-corrected chi connectivity index (χ3v) is 5.69. The summed E-state index contributed by atoms with van der Waals surface area (Å²) in [6.45, 7) is 4.17. The minimum Gasteiger partial charge on any atom is -0.306 e. The molecule has 26 heavy (non-hydrogen) atoms. The number of nitrogens with one attached hydrogen (secondary N) is 1. The molecule has 0 radical (unpaired) electrons. The Morgan fingerprint density at radius 3 is 2.50 bits per heavy atom. The summed E-state index contributed by atoms with van der Waals surface area (Å²) in [4.78, 5) is 29.2. The molecule has 0 saturated carbocycles. The van der Waals surface area contributed by atoms with E-state index in [-0.39, 0.29) is 11.0 Å². The Kier molecular flexibility index (Phi) is 3.88. The van der Waals surface area contributed by atoms with Gasteiger partial charge in [0.05, 0.1) is 11.4 Å². The van der Waals surface area contributed by atoms with E-state index in [2.05, 4.69) is 24.9 Å². The average Bonchev–Trinajstić information content (AvgIpc) is 2.63. The third kappa shape index (κ3) is 2.44. The first-order valence-electron chi connectivity index (χ1n) is 8.68. The van der Waals surface area contributed by atoms with Crippen molar-refractivity contribution in [2.24, 2.45) is 0 Å². The van der Waals surface area contributed by atoms with E-state index in [9.17, 15) is 9.59 Å². The molecule has 1 N–H and O–H groups in total. The molecule has 1 aromatic heterocycles. The number of halogens is 1. The van der Waals surface area contributed by atoms with E-state index in [1.165, 1.54) is 4.57 Å². The zero-order valence-corrected chi connectivity index (χ0v) is 15.4. The highest BCUT2D eigenvalue weighted by molar-refractivity contribution is 6.30. The largest absolute Gasteiger partial charge is 0.333 e. The molecule has 1 aliphatic rings. The smallest absolute Gasteiger partial charge is 0.306 e. The molecule has 4 nitrogen and oxygen atoms in total. The zero-order chi connectivity index (χ0) is 18.5. The highest BCUT2D eigenvalue weighted by Gasteiger charge is 2.37. The summed E-state index contributed by atoms with van der Waals surface area (Å²) in [5.74, 6) is 0. The second-order valence-corrected chi connectivity index (χ2v) is 7.48. The van der Waals surface area contributed by atoms with Crippen LogP contribution in [-0.4, -0.2) is 9.55 Å². The van der Waals surface area contributed by atoms with E-state index in [0.29, 0.717) is 22.0 Å². The van der Waals surface area contributed by atoms with E-state index in [4.69, 9.17) is 11.6 Å². The molecule has 4 rings (SSSR count). The van der Waals surface area contributed by atoms with Gasteiger partial charge in [-0.15, -0.1) is 0 Å². The predicted octanol–water partition coefficient (Wildman–Crippen LogP) is 4.07. The van der Waals surface area contributed by atoms with Crippen molar-refractivity contribution in [1.29, 1.82) is 0 Å². The number of hydrogen-bond donors (Lipinski definition) is 1. The number of rotatable bonds is 2. The van der Waals surface area contributed by atoms with Crippen LogP contribution in [0.15, 0.2) is 58.1 Å². The highest BCUT2D eigenvalue weighted by Crippen LogP contribution is 2.41. The summed E-state index contributed by atoms with van der Waals surface area (Å²) >= 11 is 5.94. The van der Waals surface area contributed by atoms with Gasteiger partial charge >= 0.3 is 5.69 Å². The van der Waals surface area contributed by atoms with Crippen LogP contribution in [0.25, 0.3) is 16.9 Å². The van der Waals surface area contributed by atoms with Gasteiger partial charge in [-0.05, 0) is 42.7 Å². The highest BCUT2D eigenvalue weighted by atomic mass is 35.5. The number of benzene rings is 2. The molecule has 5 heteroatoms. The van der Waals surface area contributed by atoms with Crippen LogP contribution in [0.3, 0.4) is 0 Å². The van der Waals surface area contributed by atoms with Crippen LogP contribution < -0.4 is 11.2 Å². The third-order valence-electron chi connectivity index (χ3n) is 5.44. The van der Waals surface area contributed by atoms with E-state index < -0.39 is 5.69 Å². The maximum Gasteiger partial charge on any atom is 0.333 e. The fourth-order valence-electron chi connectivity index (χ4n) is 3.85. The lowest BCUT2D eigenvalue weighted by Gasteiger charge is -2.35. The Hall–Kier alpha value is -2.59. The van der Waals surface area contributed by atoms with Crippen LogP contribution in [0.1, 0.15) is 31.4 Å². The minimum atomic E-state index is -0.439. The second-order valence-electron chi connectivity index (χ2n) is 7.05. The number of H-pyrrole nitrogens is 1. The van der Waals surface area contributed by atoms with Crippen LogP contribution in [0.2, 0.25) is 5.02 Å². The van der Waals surface area contributed by atoms with Crippen molar-refractivity contribution in [2.75, 3.05) is 0 Å². The summed E-state index contributed by atoms with van der Waals surface area (Å²) in [6, 6.07) is 14.7. The number of hydrogen-bond acceptors (Lipinski definition) is 2. The Bertz CT molecular complexity index is 1110. The van der Waals surface area contributed by atoms with Crippen molar-refractivity contribution >= 4 is 11.6 Å². The van der Waals surface area contributed by atoms with Gasteiger partial charge in [0.15, 0.2) is 0 Å². The van der Waals surface area contributed by atoms with Crippen molar-refractivity contribution in [2.45, 2.75) is 32.1 Å². The molecule has 0 fully saturated rings. The fourth-order valence-corrected chi connectivity index (χ4v) is 3.98. The molecule has 0 aliphatic heterocycles. The number of fused-ring (bicyclic) bond motifs is 3. The van der Waals surface area contributed by atoms with Gasteiger partial charge in [0.25, 0.3) is 5.56 Å². The Morgan fingerprint density at radius 2 is 1.81 bits per heavy atom. The maximum absolute atomic E-state index is 13.4. The van der Waals surface area contributed by atoms with Gasteiger partial charge in [-0.25, -0.2) is 9.36 Å². The summed E-state index contributed by atoms with van der Waals surface area (Å²) < 4.78 is 1.21. The van der Waals surface area contributed by atoms with Gasteiger partial charge in [-0.3, -0.25) is 4.79 Å². The molecule has 0 amide bonds. The fraction of sp³-hybridized carbons (Fsp3) is 0.238. The van der Waals surface area contributed by atoms with Crippen molar-refractivity contribution < 1.29 is 0 Å². The number of aromatic nitrogens is 2. The Morgan fingerprint density at radius 1 is 1.12 bits per heavy atom. The van der Waals surface area contributed by atoms with Crippen molar-refractivity contribution in [3.63, 3.8) is 0 Å². The average molecular weight is 367 g/mol. The molecule has 0 unspecified atom stereocenters.